The Labute approximate surface area is 146 Å². The number of ether oxygens (including phenoxy) is 1. The highest BCUT2D eigenvalue weighted by Crippen LogP contribution is 2.21. The molecule has 0 bridgehead atoms. The molecule has 9 heteroatoms. The molecule has 7 nitrogen and oxygen atoms in total. The van der Waals surface area contributed by atoms with E-state index in [0.717, 1.165) is 23.6 Å². The lowest BCUT2D eigenvalue weighted by Crippen LogP contribution is -2.47. The van der Waals surface area contributed by atoms with Gasteiger partial charge in [-0.1, -0.05) is 0 Å². The molecule has 0 N–H and O–H groups in total. The molecule has 0 aliphatic carbocycles. The Morgan fingerprint density at radius 3 is 3.08 bits per heavy atom. The Morgan fingerprint density at radius 1 is 1.50 bits per heavy atom. The molecule has 1 atom stereocenters. The van der Waals surface area contributed by atoms with Crippen LogP contribution in [0.5, 0.6) is 0 Å². The van der Waals surface area contributed by atoms with Crippen LogP contribution in [0.3, 0.4) is 0 Å². The van der Waals surface area contributed by atoms with Gasteiger partial charge in [0.15, 0.2) is 4.96 Å². The molecule has 0 aromatic carbocycles. The van der Waals surface area contributed by atoms with Gasteiger partial charge in [0.1, 0.15) is 0 Å². The van der Waals surface area contributed by atoms with Gasteiger partial charge < -0.3 is 4.74 Å². The van der Waals surface area contributed by atoms with E-state index in [1.54, 1.807) is 25.5 Å². The second-order valence-electron chi connectivity index (χ2n) is 6.18. The van der Waals surface area contributed by atoms with Gasteiger partial charge in [0, 0.05) is 51.6 Å². The average Bonchev–Trinajstić information content (AvgIpc) is 3.14. The molecule has 1 unspecified atom stereocenters. The van der Waals surface area contributed by atoms with Crippen LogP contribution in [0.2, 0.25) is 0 Å². The summed E-state index contributed by atoms with van der Waals surface area (Å²) >= 11 is 1.61. The maximum absolute atomic E-state index is 12.7. The molecule has 1 aliphatic rings. The molecule has 0 amide bonds. The molecule has 1 aliphatic heterocycles. The number of nitrogens with zero attached hydrogens (tertiary/aromatic N) is 4. The maximum atomic E-state index is 12.7. The summed E-state index contributed by atoms with van der Waals surface area (Å²) in [7, 11) is -0.0676. The largest absolute Gasteiger partial charge is 0.383 e. The second-order valence-corrected chi connectivity index (χ2v) is 9.38. The van der Waals surface area contributed by atoms with Crippen molar-refractivity contribution < 1.29 is 13.2 Å². The number of sulfonamides is 1. The zero-order valence-electron chi connectivity index (χ0n) is 14.1. The van der Waals surface area contributed by atoms with E-state index < -0.39 is 10.0 Å². The van der Waals surface area contributed by atoms with E-state index in [9.17, 15) is 8.42 Å². The van der Waals surface area contributed by atoms with Crippen LogP contribution in [-0.2, 0) is 21.3 Å². The van der Waals surface area contributed by atoms with Gasteiger partial charge in [0.25, 0.3) is 0 Å². The Morgan fingerprint density at radius 2 is 2.33 bits per heavy atom. The lowest BCUT2D eigenvalue weighted by molar-refractivity contribution is 0.182. The van der Waals surface area contributed by atoms with Crippen molar-refractivity contribution in [1.82, 2.24) is 18.6 Å². The number of methoxy groups -OCH3 is 1. The summed E-state index contributed by atoms with van der Waals surface area (Å²) in [5.74, 6) is 0. The van der Waals surface area contributed by atoms with Gasteiger partial charge in [0.2, 0.25) is 10.0 Å². The van der Waals surface area contributed by atoms with E-state index in [4.69, 9.17) is 4.74 Å². The van der Waals surface area contributed by atoms with Crippen LogP contribution < -0.4 is 0 Å². The lowest BCUT2D eigenvalue weighted by atomic mass is 10.1. The first-order chi connectivity index (χ1) is 11.5. The van der Waals surface area contributed by atoms with Crippen molar-refractivity contribution in [3.05, 3.63) is 23.5 Å². The van der Waals surface area contributed by atoms with Crippen LogP contribution in [-0.4, -0.2) is 72.7 Å². The van der Waals surface area contributed by atoms with Crippen molar-refractivity contribution in [3.8, 4) is 0 Å². The van der Waals surface area contributed by atoms with Crippen LogP contribution in [0.4, 0.5) is 0 Å². The minimum Gasteiger partial charge on any atom is -0.383 e. The van der Waals surface area contributed by atoms with E-state index in [1.807, 2.05) is 22.2 Å². The van der Waals surface area contributed by atoms with Gasteiger partial charge in [-0.3, -0.25) is 9.30 Å². The Bertz CT molecular complexity index is 742. The summed E-state index contributed by atoms with van der Waals surface area (Å²) in [6.07, 6.45) is 5.62. The first-order valence-electron chi connectivity index (χ1n) is 8.08. The van der Waals surface area contributed by atoms with Crippen molar-refractivity contribution in [2.24, 2.45) is 0 Å². The van der Waals surface area contributed by atoms with Gasteiger partial charge in [-0.15, -0.1) is 11.3 Å². The monoisotopic (exact) mass is 372 g/mol. The van der Waals surface area contributed by atoms with Gasteiger partial charge in [-0.2, -0.15) is 0 Å². The summed E-state index contributed by atoms with van der Waals surface area (Å²) in [5.41, 5.74) is 0.993. The SMILES string of the molecule is COCCN(C)S(=O)(=O)C1CCCN(Cc2cn3ccsc3n2)C1. The fourth-order valence-corrected chi connectivity index (χ4v) is 5.50. The Kier molecular flexibility index (Phi) is 5.56. The molecular formula is C15H24N4O3S2. The molecule has 24 heavy (non-hydrogen) atoms. The number of imidazole rings is 1. The molecule has 1 saturated heterocycles. The second kappa shape index (κ2) is 7.49. The Balaban J connectivity index is 1.64. The summed E-state index contributed by atoms with van der Waals surface area (Å²) in [6, 6.07) is 0. The maximum Gasteiger partial charge on any atom is 0.218 e. The van der Waals surface area contributed by atoms with Crippen LogP contribution in [0.15, 0.2) is 17.8 Å². The fraction of sp³-hybridized carbons (Fsp3) is 0.667. The summed E-state index contributed by atoms with van der Waals surface area (Å²) in [4.78, 5) is 7.77. The molecule has 0 saturated carbocycles. The van der Waals surface area contributed by atoms with Crippen molar-refractivity contribution >= 4 is 26.3 Å². The highest BCUT2D eigenvalue weighted by molar-refractivity contribution is 7.89. The van der Waals surface area contributed by atoms with E-state index in [2.05, 4.69) is 9.88 Å². The predicted octanol–water partition coefficient (Wildman–Crippen LogP) is 1.27. The number of hydrogen-bond donors (Lipinski definition) is 0. The molecule has 3 rings (SSSR count). The minimum atomic E-state index is -3.29. The molecule has 0 spiro atoms. The van der Waals surface area contributed by atoms with Crippen LogP contribution in [0.25, 0.3) is 4.96 Å². The highest BCUT2D eigenvalue weighted by atomic mass is 32.2. The quantitative estimate of drug-likeness (QED) is 0.732. The highest BCUT2D eigenvalue weighted by Gasteiger charge is 2.33. The number of likely N-dealkylation sites (N-methyl/N-ethyl adjacent to an activating group) is 1. The zero-order chi connectivity index (χ0) is 17.2. The van der Waals surface area contributed by atoms with Crippen molar-refractivity contribution in [2.75, 3.05) is 40.4 Å². The first kappa shape index (κ1) is 17.8. The summed E-state index contributed by atoms with van der Waals surface area (Å²) < 4.78 is 33.9. The van der Waals surface area contributed by atoms with Gasteiger partial charge in [-0.25, -0.2) is 17.7 Å². The number of likely N-dealkylation sites (tertiary alicyclic amines) is 1. The molecule has 0 radical (unpaired) electrons. The van der Waals surface area contributed by atoms with Crippen molar-refractivity contribution in [2.45, 2.75) is 24.6 Å². The number of piperidine rings is 1. The third-order valence-electron chi connectivity index (χ3n) is 4.46. The molecule has 1 fully saturated rings. The van der Waals surface area contributed by atoms with Crippen LogP contribution in [0, 0.1) is 0 Å². The number of thiazole rings is 1. The smallest absolute Gasteiger partial charge is 0.218 e. The topological polar surface area (TPSA) is 67.2 Å². The number of rotatable bonds is 7. The van der Waals surface area contributed by atoms with Crippen LogP contribution in [0.1, 0.15) is 18.5 Å². The normalized spacial score (nSPS) is 20.2. The van der Waals surface area contributed by atoms with Gasteiger partial charge >= 0.3 is 0 Å². The number of fused-ring (bicyclic) bond motifs is 1. The molecule has 134 valence electrons. The fourth-order valence-electron chi connectivity index (χ4n) is 3.08. The molecule has 2 aromatic heterocycles. The number of aromatic nitrogens is 2. The lowest BCUT2D eigenvalue weighted by Gasteiger charge is -2.33. The summed E-state index contributed by atoms with van der Waals surface area (Å²) in [6.45, 7) is 2.98. The van der Waals surface area contributed by atoms with Crippen molar-refractivity contribution in [1.29, 1.82) is 0 Å². The van der Waals surface area contributed by atoms with E-state index >= 15 is 0 Å². The van der Waals surface area contributed by atoms with Crippen LogP contribution >= 0.6 is 11.3 Å². The third-order valence-corrected chi connectivity index (χ3v) is 7.51. The predicted molar refractivity (Wildman–Crippen MR) is 94.8 cm³/mol. The molecule has 2 aromatic rings. The standard InChI is InChI=1S/C15H24N4O3S2/c1-17(6-8-22-2)24(20,21)14-4-3-5-18(12-14)10-13-11-19-7-9-23-15(19)16-13/h7,9,11,14H,3-6,8,10,12H2,1-2H3. The average molecular weight is 373 g/mol. The van der Waals surface area contributed by atoms with E-state index in [-0.39, 0.29) is 5.25 Å². The third kappa shape index (κ3) is 3.80. The summed E-state index contributed by atoms with van der Waals surface area (Å²) in [5, 5.41) is 1.66. The zero-order valence-corrected chi connectivity index (χ0v) is 15.7. The Hall–Kier alpha value is -1.00. The van der Waals surface area contributed by atoms with Crippen molar-refractivity contribution in [3.63, 3.8) is 0 Å². The molecular weight excluding hydrogens is 348 g/mol. The minimum absolute atomic E-state index is 0.350. The van der Waals surface area contributed by atoms with E-state index in [1.165, 1.54) is 4.31 Å². The van der Waals surface area contributed by atoms with Gasteiger partial charge in [0.05, 0.1) is 17.6 Å². The van der Waals surface area contributed by atoms with E-state index in [0.29, 0.717) is 32.7 Å². The first-order valence-corrected chi connectivity index (χ1v) is 10.5. The number of hydrogen-bond acceptors (Lipinski definition) is 6. The molecule has 3 heterocycles. The van der Waals surface area contributed by atoms with Gasteiger partial charge in [-0.05, 0) is 19.4 Å².